The van der Waals surface area contributed by atoms with Crippen LogP contribution in [0.1, 0.15) is 12.5 Å². The third-order valence-corrected chi connectivity index (χ3v) is 3.12. The Bertz CT molecular complexity index is 284. The first-order chi connectivity index (χ1) is 5.61. The van der Waals surface area contributed by atoms with E-state index in [-0.39, 0.29) is 18.9 Å². The van der Waals surface area contributed by atoms with Gasteiger partial charge in [0.2, 0.25) is 0 Å². The SMILES string of the molecule is Cc1ccc([S@](=O)[C-](C)Cl)cc1.[Li+]. The summed E-state index contributed by atoms with van der Waals surface area (Å²) in [5.41, 5.74) is 1.16. The summed E-state index contributed by atoms with van der Waals surface area (Å²) in [5.74, 6) is 0. The Balaban J connectivity index is 0.00000144. The molecule has 13 heavy (non-hydrogen) atoms. The minimum absolute atomic E-state index is 0. The number of benzene rings is 1. The summed E-state index contributed by atoms with van der Waals surface area (Å²) in [6.45, 7) is 3.64. The molecule has 1 aromatic carbocycles. The Morgan fingerprint density at radius 1 is 1.31 bits per heavy atom. The van der Waals surface area contributed by atoms with Crippen molar-refractivity contribution < 1.29 is 23.1 Å². The van der Waals surface area contributed by atoms with Crippen molar-refractivity contribution in [2.45, 2.75) is 18.7 Å². The van der Waals surface area contributed by atoms with Gasteiger partial charge < -0.3 is 11.6 Å². The van der Waals surface area contributed by atoms with E-state index in [1.807, 2.05) is 31.2 Å². The second-order valence-electron chi connectivity index (χ2n) is 2.55. The molecule has 0 aromatic heterocycles. The van der Waals surface area contributed by atoms with Crippen LogP contribution in [0.5, 0.6) is 0 Å². The van der Waals surface area contributed by atoms with Gasteiger partial charge in [0.05, 0.1) is 0 Å². The first-order valence-electron chi connectivity index (χ1n) is 3.59. The predicted molar refractivity (Wildman–Crippen MR) is 52.4 cm³/mol. The van der Waals surface area contributed by atoms with Gasteiger partial charge in [-0.05, 0) is 19.1 Å². The molecule has 1 aromatic rings. The summed E-state index contributed by atoms with van der Waals surface area (Å²) in [5, 5.41) is 0. The molecule has 0 aliphatic rings. The van der Waals surface area contributed by atoms with Crippen LogP contribution in [-0.2, 0) is 10.8 Å². The van der Waals surface area contributed by atoms with Crippen molar-refractivity contribution in [3.05, 3.63) is 34.5 Å². The molecule has 0 saturated carbocycles. The molecular weight excluding hydrogens is 199 g/mol. The van der Waals surface area contributed by atoms with Gasteiger partial charge in [0.25, 0.3) is 0 Å². The molecule has 0 aliphatic heterocycles. The molecule has 1 rings (SSSR count). The summed E-state index contributed by atoms with van der Waals surface area (Å²) in [7, 11) is -1.16. The number of halogens is 1. The van der Waals surface area contributed by atoms with Gasteiger partial charge in [0, 0.05) is 4.90 Å². The summed E-state index contributed by atoms with van der Waals surface area (Å²) in [6, 6.07) is 7.51. The molecule has 0 N–H and O–H groups in total. The molecule has 0 saturated heterocycles. The minimum atomic E-state index is -1.16. The van der Waals surface area contributed by atoms with Gasteiger partial charge in [-0.15, -0.1) is 4.71 Å². The third kappa shape index (κ3) is 3.87. The van der Waals surface area contributed by atoms with Crippen LogP contribution >= 0.6 is 11.6 Å². The van der Waals surface area contributed by atoms with Crippen LogP contribution < -0.4 is 18.9 Å². The molecule has 1 nitrogen and oxygen atoms in total. The normalized spacial score (nSPS) is 12.3. The van der Waals surface area contributed by atoms with Crippen LogP contribution in [-0.4, -0.2) is 4.21 Å². The molecule has 4 heteroatoms. The fourth-order valence-electron chi connectivity index (χ4n) is 0.824. The fourth-order valence-corrected chi connectivity index (χ4v) is 1.80. The zero-order chi connectivity index (χ0) is 9.14. The van der Waals surface area contributed by atoms with E-state index >= 15 is 0 Å². The van der Waals surface area contributed by atoms with Gasteiger partial charge in [0.15, 0.2) is 0 Å². The molecule has 0 fully saturated rings. The van der Waals surface area contributed by atoms with E-state index in [0.29, 0.717) is 4.71 Å². The average molecular weight is 209 g/mol. The molecular formula is C9H10ClLiOS. The van der Waals surface area contributed by atoms with Crippen LogP contribution in [0, 0.1) is 11.6 Å². The third-order valence-electron chi connectivity index (χ3n) is 1.49. The van der Waals surface area contributed by atoms with Crippen LogP contribution in [0.15, 0.2) is 29.2 Å². The van der Waals surface area contributed by atoms with Crippen molar-refractivity contribution in [1.82, 2.24) is 0 Å². The first kappa shape index (κ1) is 13.3. The number of hydrogen-bond acceptors (Lipinski definition) is 1. The Morgan fingerprint density at radius 2 is 1.77 bits per heavy atom. The first-order valence-corrected chi connectivity index (χ1v) is 5.11. The number of hydrogen-bond donors (Lipinski definition) is 0. The standard InChI is InChI=1S/C9H10ClOS.Li/c1-7-3-5-9(6-4-7)12(11)8(2)10;/h3-6H,1-2H3;/q-1;+1/t12-;/m1./s1. The maximum atomic E-state index is 11.4. The second-order valence-corrected chi connectivity index (χ2v) is 4.96. The van der Waals surface area contributed by atoms with Gasteiger partial charge in [-0.25, -0.2) is 0 Å². The maximum Gasteiger partial charge on any atom is 1.00 e. The predicted octanol–water partition coefficient (Wildman–Crippen LogP) is -0.145. The smallest absolute Gasteiger partial charge is 0.332 e. The summed E-state index contributed by atoms with van der Waals surface area (Å²) in [4.78, 5) is 0.758. The van der Waals surface area contributed by atoms with Crippen molar-refractivity contribution in [2.24, 2.45) is 0 Å². The van der Waals surface area contributed by atoms with E-state index in [2.05, 4.69) is 0 Å². The van der Waals surface area contributed by atoms with Crippen LogP contribution in [0.3, 0.4) is 0 Å². The zero-order valence-electron chi connectivity index (χ0n) is 8.00. The monoisotopic (exact) mass is 208 g/mol. The van der Waals surface area contributed by atoms with Gasteiger partial charge >= 0.3 is 18.9 Å². The Hall–Kier alpha value is 0.257. The van der Waals surface area contributed by atoms with Crippen LogP contribution in [0.2, 0.25) is 0 Å². The Kier molecular flexibility index (Phi) is 5.99. The molecule has 0 aliphatic carbocycles. The van der Waals surface area contributed by atoms with E-state index < -0.39 is 10.8 Å². The molecule has 0 bridgehead atoms. The minimum Gasteiger partial charge on any atom is -0.332 e. The van der Waals surface area contributed by atoms with Crippen LogP contribution in [0.4, 0.5) is 0 Å². The number of aryl methyl sites for hydroxylation is 1. The van der Waals surface area contributed by atoms with Crippen molar-refractivity contribution in [3.63, 3.8) is 0 Å². The molecule has 1 atom stereocenters. The topological polar surface area (TPSA) is 17.1 Å². The molecule has 0 amide bonds. The van der Waals surface area contributed by atoms with E-state index in [1.54, 1.807) is 6.92 Å². The summed E-state index contributed by atoms with van der Waals surface area (Å²) < 4.78 is 11.8. The quantitative estimate of drug-likeness (QED) is 0.488. The van der Waals surface area contributed by atoms with E-state index in [4.69, 9.17) is 11.6 Å². The molecule has 66 valence electrons. The summed E-state index contributed by atoms with van der Waals surface area (Å²) in [6.07, 6.45) is 0. The van der Waals surface area contributed by atoms with Gasteiger partial charge in [0.1, 0.15) is 0 Å². The second kappa shape index (κ2) is 5.88. The zero-order valence-corrected chi connectivity index (χ0v) is 9.58. The fraction of sp³-hybridized carbons (Fsp3) is 0.222. The van der Waals surface area contributed by atoms with E-state index in [1.165, 1.54) is 0 Å². The van der Waals surface area contributed by atoms with Gasteiger partial charge in [-0.2, -0.15) is 6.92 Å². The Morgan fingerprint density at radius 3 is 2.15 bits per heavy atom. The van der Waals surface area contributed by atoms with Crippen molar-refractivity contribution in [3.8, 4) is 0 Å². The van der Waals surface area contributed by atoms with E-state index in [0.717, 1.165) is 10.5 Å². The van der Waals surface area contributed by atoms with Crippen molar-refractivity contribution in [1.29, 1.82) is 0 Å². The Labute approximate surface area is 98.5 Å². The molecule has 0 radical (unpaired) electrons. The molecule has 0 heterocycles. The number of rotatable bonds is 2. The molecule has 0 unspecified atom stereocenters. The largest absolute Gasteiger partial charge is 1.00 e. The summed E-state index contributed by atoms with van der Waals surface area (Å²) >= 11 is 5.62. The van der Waals surface area contributed by atoms with Crippen molar-refractivity contribution >= 4 is 22.4 Å². The molecule has 0 spiro atoms. The van der Waals surface area contributed by atoms with Gasteiger partial charge in [-0.3, -0.25) is 4.21 Å². The average Bonchev–Trinajstić information content (AvgIpc) is 2.04. The van der Waals surface area contributed by atoms with E-state index in [9.17, 15) is 4.21 Å². The van der Waals surface area contributed by atoms with Crippen LogP contribution in [0.25, 0.3) is 0 Å². The van der Waals surface area contributed by atoms with Gasteiger partial charge in [-0.1, -0.05) is 28.5 Å². The maximum absolute atomic E-state index is 11.4. The van der Waals surface area contributed by atoms with Crippen molar-refractivity contribution in [2.75, 3.05) is 0 Å².